The molecule has 1 N–H and O–H groups in total. The Hall–Kier alpha value is -2.58. The number of halogens is 1. The van der Waals surface area contributed by atoms with Crippen LogP contribution in [0.5, 0.6) is 0 Å². The Morgan fingerprint density at radius 2 is 2.07 bits per heavy atom. The topological polar surface area (TPSA) is 88.6 Å². The van der Waals surface area contributed by atoms with Gasteiger partial charge in [0.05, 0.1) is 10.6 Å². The van der Waals surface area contributed by atoms with Crippen LogP contribution in [0.15, 0.2) is 52.5 Å². The molecular formula is C18H16ClN3O4S. The molecule has 1 aromatic carbocycles. The summed E-state index contributed by atoms with van der Waals surface area (Å²) < 4.78 is 5.27. The van der Waals surface area contributed by atoms with Crippen LogP contribution in [-0.4, -0.2) is 47.0 Å². The number of carbonyl (C=O) groups excluding carboxylic acids is 3. The molecule has 0 bridgehead atoms. The second-order valence-corrected chi connectivity index (χ2v) is 7.10. The molecule has 1 aliphatic rings. The van der Waals surface area contributed by atoms with Gasteiger partial charge in [-0.1, -0.05) is 35.5 Å². The fourth-order valence-corrected chi connectivity index (χ4v) is 3.58. The number of imide groups is 1. The summed E-state index contributed by atoms with van der Waals surface area (Å²) in [6.45, 7) is 2.07. The lowest BCUT2D eigenvalue weighted by molar-refractivity contribution is -0.136. The number of rotatable bonds is 5. The predicted octanol–water partition coefficient (Wildman–Crippen LogP) is 2.98. The van der Waals surface area contributed by atoms with E-state index >= 15 is 0 Å². The quantitative estimate of drug-likeness (QED) is 0.769. The molecular weight excluding hydrogens is 390 g/mol. The Morgan fingerprint density at radius 3 is 2.78 bits per heavy atom. The average molecular weight is 406 g/mol. The van der Waals surface area contributed by atoms with Crippen LogP contribution in [0.2, 0.25) is 5.02 Å². The second kappa shape index (κ2) is 8.41. The van der Waals surface area contributed by atoms with Crippen LogP contribution in [-0.2, 0) is 9.53 Å². The third-order valence-corrected chi connectivity index (χ3v) is 5.32. The second-order valence-electron chi connectivity index (χ2n) is 5.66. The van der Waals surface area contributed by atoms with Crippen LogP contribution < -0.4 is 5.32 Å². The van der Waals surface area contributed by atoms with E-state index < -0.39 is 24.0 Å². The SMILES string of the molecule is C[C@@H](OC(=O)c1cccnc1Sc1ccccc1Cl)C(=O)N1CCNC1=O. The van der Waals surface area contributed by atoms with Gasteiger partial charge in [0.2, 0.25) is 0 Å². The van der Waals surface area contributed by atoms with Crippen LogP contribution in [0.3, 0.4) is 0 Å². The van der Waals surface area contributed by atoms with Gasteiger partial charge >= 0.3 is 12.0 Å². The minimum atomic E-state index is -1.10. The molecule has 1 fully saturated rings. The fourth-order valence-electron chi connectivity index (χ4n) is 2.43. The Labute approximate surface area is 165 Å². The molecule has 1 aliphatic heterocycles. The summed E-state index contributed by atoms with van der Waals surface area (Å²) >= 11 is 7.39. The summed E-state index contributed by atoms with van der Waals surface area (Å²) in [5, 5.41) is 3.48. The van der Waals surface area contributed by atoms with Crippen LogP contribution in [0.4, 0.5) is 4.79 Å². The normalized spacial score (nSPS) is 14.6. The molecule has 7 nitrogen and oxygen atoms in total. The third-order valence-electron chi connectivity index (χ3n) is 3.79. The van der Waals surface area contributed by atoms with Crippen molar-refractivity contribution in [1.29, 1.82) is 0 Å². The third kappa shape index (κ3) is 4.40. The number of urea groups is 1. The number of nitrogens with zero attached hydrogens (tertiary/aromatic N) is 2. The van der Waals surface area contributed by atoms with Crippen molar-refractivity contribution in [3.63, 3.8) is 0 Å². The highest BCUT2D eigenvalue weighted by atomic mass is 35.5. The van der Waals surface area contributed by atoms with Crippen molar-refractivity contribution >= 4 is 41.3 Å². The van der Waals surface area contributed by atoms with Crippen molar-refractivity contribution in [1.82, 2.24) is 15.2 Å². The maximum absolute atomic E-state index is 12.6. The largest absolute Gasteiger partial charge is 0.449 e. The summed E-state index contributed by atoms with van der Waals surface area (Å²) in [6, 6.07) is 9.88. The van der Waals surface area contributed by atoms with Crippen LogP contribution in [0, 0.1) is 0 Å². The molecule has 3 amide bonds. The van der Waals surface area contributed by atoms with Gasteiger partial charge in [-0.15, -0.1) is 0 Å². The Morgan fingerprint density at radius 1 is 1.30 bits per heavy atom. The molecule has 0 unspecified atom stereocenters. The number of carbonyl (C=O) groups is 3. The van der Waals surface area contributed by atoms with Gasteiger partial charge in [0.1, 0.15) is 5.03 Å². The van der Waals surface area contributed by atoms with E-state index in [1.807, 2.05) is 18.2 Å². The minimum Gasteiger partial charge on any atom is -0.449 e. The molecule has 1 saturated heterocycles. The van der Waals surface area contributed by atoms with Crippen molar-refractivity contribution in [3.8, 4) is 0 Å². The maximum atomic E-state index is 12.6. The maximum Gasteiger partial charge on any atom is 0.341 e. The van der Waals surface area contributed by atoms with Crippen molar-refractivity contribution in [3.05, 3.63) is 53.2 Å². The fraction of sp³-hybridized carbons (Fsp3) is 0.222. The number of hydrogen-bond donors (Lipinski definition) is 1. The van der Waals surface area contributed by atoms with Crippen LogP contribution in [0.25, 0.3) is 0 Å². The molecule has 0 radical (unpaired) electrons. The number of ether oxygens (including phenoxy) is 1. The predicted molar refractivity (Wildman–Crippen MR) is 99.8 cm³/mol. The van der Waals surface area contributed by atoms with Crippen molar-refractivity contribution in [2.45, 2.75) is 22.9 Å². The van der Waals surface area contributed by atoms with E-state index in [2.05, 4.69) is 10.3 Å². The van der Waals surface area contributed by atoms with Gasteiger partial charge in [-0.05, 0) is 31.2 Å². The van der Waals surface area contributed by atoms with Crippen LogP contribution >= 0.6 is 23.4 Å². The number of hydrogen-bond acceptors (Lipinski definition) is 6. The Bertz CT molecular complexity index is 892. The lowest BCUT2D eigenvalue weighted by Crippen LogP contribution is -2.41. The molecule has 27 heavy (non-hydrogen) atoms. The zero-order valence-corrected chi connectivity index (χ0v) is 15.9. The monoisotopic (exact) mass is 405 g/mol. The van der Waals surface area contributed by atoms with Crippen molar-refractivity contribution in [2.75, 3.05) is 13.1 Å². The van der Waals surface area contributed by atoms with E-state index in [1.165, 1.54) is 18.7 Å². The van der Waals surface area contributed by atoms with E-state index in [0.29, 0.717) is 16.6 Å². The van der Waals surface area contributed by atoms with Crippen LogP contribution in [0.1, 0.15) is 17.3 Å². The molecule has 0 aliphatic carbocycles. The first-order valence-corrected chi connectivity index (χ1v) is 9.34. The molecule has 0 saturated carbocycles. The smallest absolute Gasteiger partial charge is 0.341 e. The standard InChI is InChI=1S/C18H16ClN3O4S/c1-11(16(23)22-10-9-21-18(22)25)26-17(24)12-5-4-8-20-15(12)27-14-7-3-2-6-13(14)19/h2-8,11H,9-10H2,1H3,(H,21,25)/t11-/m1/s1. The number of amides is 3. The van der Waals surface area contributed by atoms with Gasteiger partial charge in [-0.2, -0.15) is 0 Å². The summed E-state index contributed by atoms with van der Waals surface area (Å²) in [5.74, 6) is -1.26. The summed E-state index contributed by atoms with van der Waals surface area (Å²) in [4.78, 5) is 42.4. The number of esters is 1. The lowest BCUT2D eigenvalue weighted by atomic mass is 10.3. The molecule has 3 rings (SSSR count). The number of nitrogens with one attached hydrogen (secondary N) is 1. The zero-order chi connectivity index (χ0) is 19.4. The van der Waals surface area contributed by atoms with E-state index in [9.17, 15) is 14.4 Å². The molecule has 2 heterocycles. The summed E-state index contributed by atoms with van der Waals surface area (Å²) in [6.07, 6.45) is 0.457. The first-order valence-electron chi connectivity index (χ1n) is 8.15. The zero-order valence-electron chi connectivity index (χ0n) is 14.3. The molecule has 2 aromatic rings. The molecule has 1 atom stereocenters. The van der Waals surface area contributed by atoms with Gasteiger partial charge in [0, 0.05) is 24.2 Å². The van der Waals surface area contributed by atoms with Crippen molar-refractivity contribution < 1.29 is 19.1 Å². The highest BCUT2D eigenvalue weighted by Crippen LogP contribution is 2.33. The van der Waals surface area contributed by atoms with E-state index in [-0.39, 0.29) is 12.1 Å². The van der Waals surface area contributed by atoms with Crippen molar-refractivity contribution in [2.24, 2.45) is 0 Å². The van der Waals surface area contributed by atoms with E-state index in [4.69, 9.17) is 16.3 Å². The number of aromatic nitrogens is 1. The van der Waals surface area contributed by atoms with E-state index in [0.717, 1.165) is 9.80 Å². The number of pyridine rings is 1. The molecule has 9 heteroatoms. The average Bonchev–Trinajstić information content (AvgIpc) is 3.09. The lowest BCUT2D eigenvalue weighted by Gasteiger charge is -2.18. The Balaban J connectivity index is 1.74. The van der Waals surface area contributed by atoms with Gasteiger partial charge < -0.3 is 10.1 Å². The summed E-state index contributed by atoms with van der Waals surface area (Å²) in [7, 11) is 0. The highest BCUT2D eigenvalue weighted by molar-refractivity contribution is 7.99. The Kier molecular flexibility index (Phi) is 5.98. The minimum absolute atomic E-state index is 0.216. The van der Waals surface area contributed by atoms with Gasteiger partial charge in [-0.3, -0.25) is 9.69 Å². The van der Waals surface area contributed by atoms with Gasteiger partial charge in [-0.25, -0.2) is 14.6 Å². The first-order chi connectivity index (χ1) is 13.0. The van der Waals surface area contributed by atoms with E-state index in [1.54, 1.807) is 24.4 Å². The molecule has 1 aromatic heterocycles. The van der Waals surface area contributed by atoms with Gasteiger partial charge in [0.25, 0.3) is 5.91 Å². The molecule has 140 valence electrons. The van der Waals surface area contributed by atoms with Gasteiger partial charge in [0.15, 0.2) is 6.10 Å². The number of benzene rings is 1. The first kappa shape index (κ1) is 19.2. The molecule has 0 spiro atoms. The summed E-state index contributed by atoms with van der Waals surface area (Å²) in [5.41, 5.74) is 0.216. The highest BCUT2D eigenvalue weighted by Gasteiger charge is 2.32.